The van der Waals surface area contributed by atoms with E-state index in [-0.39, 0.29) is 11.7 Å². The zero-order valence-electron chi connectivity index (χ0n) is 16.3. The standard InChI is InChI=1S/C18H19N5O4S2/c1-10-11(2)29-16(15(10)17(25)27-4)19-14(24)9-28-18-20-21-22-23(18)12-6-5-7-13(8-12)26-3/h5-8H,9H2,1-4H3,(H,19,24). The molecule has 0 radical (unpaired) electrons. The van der Waals surface area contributed by atoms with Crippen molar-refractivity contribution in [3.05, 3.63) is 40.3 Å². The maximum absolute atomic E-state index is 12.5. The average molecular weight is 434 g/mol. The third-order valence-corrected chi connectivity index (χ3v) is 6.14. The number of thioether (sulfide) groups is 1. The Morgan fingerprint density at radius 1 is 1.28 bits per heavy atom. The van der Waals surface area contributed by atoms with Crippen molar-refractivity contribution >= 4 is 40.0 Å². The van der Waals surface area contributed by atoms with Crippen LogP contribution >= 0.6 is 23.1 Å². The predicted molar refractivity (Wildman–Crippen MR) is 110 cm³/mol. The zero-order chi connectivity index (χ0) is 21.0. The molecule has 0 aliphatic carbocycles. The van der Waals surface area contributed by atoms with E-state index in [9.17, 15) is 9.59 Å². The number of aromatic nitrogens is 4. The fourth-order valence-electron chi connectivity index (χ4n) is 2.53. The topological polar surface area (TPSA) is 108 Å². The second-order valence-electron chi connectivity index (χ2n) is 5.89. The molecule has 1 aromatic carbocycles. The molecule has 0 fully saturated rings. The number of tetrazole rings is 1. The summed E-state index contributed by atoms with van der Waals surface area (Å²) >= 11 is 2.52. The summed E-state index contributed by atoms with van der Waals surface area (Å²) in [4.78, 5) is 25.4. The van der Waals surface area contributed by atoms with Gasteiger partial charge in [0.15, 0.2) is 0 Å². The molecule has 152 valence electrons. The number of nitrogens with one attached hydrogen (secondary N) is 1. The highest BCUT2D eigenvalue weighted by molar-refractivity contribution is 7.99. The summed E-state index contributed by atoms with van der Waals surface area (Å²) in [6.45, 7) is 3.71. The Kier molecular flexibility index (Phi) is 6.49. The molecule has 0 aliphatic heterocycles. The van der Waals surface area contributed by atoms with Crippen LogP contribution in [-0.4, -0.2) is 52.1 Å². The van der Waals surface area contributed by atoms with Crippen LogP contribution in [0.4, 0.5) is 5.00 Å². The van der Waals surface area contributed by atoms with Crippen LogP contribution in [0, 0.1) is 13.8 Å². The minimum atomic E-state index is -0.475. The van der Waals surface area contributed by atoms with Crippen molar-refractivity contribution in [1.82, 2.24) is 20.2 Å². The van der Waals surface area contributed by atoms with E-state index in [0.29, 0.717) is 21.5 Å². The molecule has 0 saturated heterocycles. The second kappa shape index (κ2) is 9.05. The first kappa shape index (κ1) is 20.8. The van der Waals surface area contributed by atoms with Crippen molar-refractivity contribution in [3.8, 4) is 11.4 Å². The number of rotatable bonds is 7. The lowest BCUT2D eigenvalue weighted by atomic mass is 10.1. The lowest BCUT2D eigenvalue weighted by Gasteiger charge is -2.07. The lowest BCUT2D eigenvalue weighted by Crippen LogP contribution is -2.16. The second-order valence-corrected chi connectivity index (χ2v) is 8.06. The Morgan fingerprint density at radius 3 is 2.79 bits per heavy atom. The molecule has 11 heteroatoms. The largest absolute Gasteiger partial charge is 0.497 e. The number of esters is 1. The summed E-state index contributed by atoms with van der Waals surface area (Å²) < 4.78 is 11.6. The van der Waals surface area contributed by atoms with E-state index in [1.54, 1.807) is 13.2 Å². The Balaban J connectivity index is 1.71. The lowest BCUT2D eigenvalue weighted by molar-refractivity contribution is -0.113. The zero-order valence-corrected chi connectivity index (χ0v) is 17.9. The van der Waals surface area contributed by atoms with Crippen LogP contribution in [0.2, 0.25) is 0 Å². The van der Waals surface area contributed by atoms with Crippen molar-refractivity contribution in [1.29, 1.82) is 0 Å². The van der Waals surface area contributed by atoms with Gasteiger partial charge >= 0.3 is 5.97 Å². The third kappa shape index (κ3) is 4.57. The van der Waals surface area contributed by atoms with Crippen LogP contribution in [0.1, 0.15) is 20.8 Å². The van der Waals surface area contributed by atoms with Crippen LogP contribution in [0.25, 0.3) is 5.69 Å². The summed E-state index contributed by atoms with van der Waals surface area (Å²) in [5, 5.41) is 15.4. The van der Waals surface area contributed by atoms with Gasteiger partial charge in [0.05, 0.1) is 31.2 Å². The highest BCUT2D eigenvalue weighted by Crippen LogP contribution is 2.33. The van der Waals surface area contributed by atoms with E-state index in [4.69, 9.17) is 9.47 Å². The number of aryl methyl sites for hydroxylation is 1. The average Bonchev–Trinajstić information content (AvgIpc) is 3.30. The van der Waals surface area contributed by atoms with Gasteiger partial charge < -0.3 is 14.8 Å². The summed E-state index contributed by atoms with van der Waals surface area (Å²) in [6, 6.07) is 7.27. The van der Waals surface area contributed by atoms with E-state index in [1.807, 2.05) is 32.0 Å². The first-order valence-electron chi connectivity index (χ1n) is 8.48. The fourth-order valence-corrected chi connectivity index (χ4v) is 4.28. The highest BCUT2D eigenvalue weighted by Gasteiger charge is 2.22. The Morgan fingerprint density at radius 2 is 2.07 bits per heavy atom. The van der Waals surface area contributed by atoms with Crippen molar-refractivity contribution in [2.24, 2.45) is 0 Å². The number of methoxy groups -OCH3 is 2. The van der Waals surface area contributed by atoms with Gasteiger partial charge in [-0.3, -0.25) is 4.79 Å². The van der Waals surface area contributed by atoms with Gasteiger partial charge in [-0.15, -0.1) is 16.4 Å². The SMILES string of the molecule is COC(=O)c1c(NC(=O)CSc2nnnn2-c2cccc(OC)c2)sc(C)c1C. The van der Waals surface area contributed by atoms with Gasteiger partial charge in [0.2, 0.25) is 11.1 Å². The molecule has 3 aromatic rings. The van der Waals surface area contributed by atoms with E-state index >= 15 is 0 Å². The van der Waals surface area contributed by atoms with Crippen LogP contribution in [-0.2, 0) is 9.53 Å². The maximum atomic E-state index is 12.5. The molecule has 29 heavy (non-hydrogen) atoms. The van der Waals surface area contributed by atoms with Gasteiger partial charge in [0.25, 0.3) is 0 Å². The van der Waals surface area contributed by atoms with Crippen LogP contribution in [0.15, 0.2) is 29.4 Å². The quantitative estimate of drug-likeness (QED) is 0.448. The molecule has 1 N–H and O–H groups in total. The number of ether oxygens (including phenoxy) is 2. The number of hydrogen-bond donors (Lipinski definition) is 1. The molecule has 0 aliphatic rings. The highest BCUT2D eigenvalue weighted by atomic mass is 32.2. The van der Waals surface area contributed by atoms with Gasteiger partial charge in [0.1, 0.15) is 10.8 Å². The molecular formula is C18H19N5O4S2. The predicted octanol–water partition coefficient (Wildman–Crippen LogP) is 2.87. The first-order valence-corrected chi connectivity index (χ1v) is 10.3. The molecule has 3 rings (SSSR count). The first-order chi connectivity index (χ1) is 13.9. The summed E-state index contributed by atoms with van der Waals surface area (Å²) in [6.07, 6.45) is 0. The number of hydrogen-bond acceptors (Lipinski definition) is 9. The van der Waals surface area contributed by atoms with Gasteiger partial charge in [-0.2, -0.15) is 4.68 Å². The summed E-state index contributed by atoms with van der Waals surface area (Å²) in [5.74, 6) is -0.00940. The van der Waals surface area contributed by atoms with Gasteiger partial charge in [0, 0.05) is 10.9 Å². The van der Waals surface area contributed by atoms with Crippen molar-refractivity contribution < 1.29 is 19.1 Å². The van der Waals surface area contributed by atoms with Crippen LogP contribution in [0.3, 0.4) is 0 Å². The molecule has 0 spiro atoms. The molecule has 9 nitrogen and oxygen atoms in total. The molecule has 2 heterocycles. The van der Waals surface area contributed by atoms with Gasteiger partial charge in [-0.05, 0) is 42.0 Å². The molecule has 0 saturated carbocycles. The number of thiophene rings is 1. The molecular weight excluding hydrogens is 414 g/mol. The summed E-state index contributed by atoms with van der Waals surface area (Å²) in [5.41, 5.74) is 1.90. The molecule has 0 atom stereocenters. The maximum Gasteiger partial charge on any atom is 0.341 e. The van der Waals surface area contributed by atoms with E-state index in [1.165, 1.54) is 34.9 Å². The van der Waals surface area contributed by atoms with Crippen molar-refractivity contribution in [2.45, 2.75) is 19.0 Å². The van der Waals surface area contributed by atoms with E-state index < -0.39 is 5.97 Å². The number of benzene rings is 1. The van der Waals surface area contributed by atoms with Gasteiger partial charge in [-0.25, -0.2) is 4.79 Å². The Labute approximate surface area is 175 Å². The smallest absolute Gasteiger partial charge is 0.341 e. The minimum Gasteiger partial charge on any atom is -0.497 e. The normalized spacial score (nSPS) is 10.6. The van der Waals surface area contributed by atoms with Crippen LogP contribution < -0.4 is 10.1 Å². The molecule has 2 aromatic heterocycles. The fraction of sp³-hybridized carbons (Fsp3) is 0.278. The number of carbonyl (C=O) groups excluding carboxylic acids is 2. The number of amides is 1. The number of nitrogens with zero attached hydrogens (tertiary/aromatic N) is 4. The van der Waals surface area contributed by atoms with E-state index in [2.05, 4.69) is 20.8 Å². The Bertz CT molecular complexity index is 1050. The van der Waals surface area contributed by atoms with Gasteiger partial charge in [-0.1, -0.05) is 17.8 Å². The third-order valence-electron chi connectivity index (χ3n) is 4.10. The van der Waals surface area contributed by atoms with Crippen molar-refractivity contribution in [3.63, 3.8) is 0 Å². The number of anilines is 1. The Hall–Kier alpha value is -2.92. The van der Waals surface area contributed by atoms with Crippen molar-refractivity contribution in [2.75, 3.05) is 25.3 Å². The molecule has 0 unspecified atom stereocenters. The molecule has 1 amide bonds. The number of carbonyl (C=O) groups is 2. The van der Waals surface area contributed by atoms with Crippen LogP contribution in [0.5, 0.6) is 5.75 Å². The molecule has 0 bridgehead atoms. The monoisotopic (exact) mass is 433 g/mol. The summed E-state index contributed by atoms with van der Waals surface area (Å²) in [7, 11) is 2.89. The van der Waals surface area contributed by atoms with E-state index in [0.717, 1.165) is 16.1 Å². The minimum absolute atomic E-state index is 0.0704.